The summed E-state index contributed by atoms with van der Waals surface area (Å²) in [5.41, 5.74) is 2.33. The smallest absolute Gasteiger partial charge is 0.256 e. The highest BCUT2D eigenvalue weighted by Gasteiger charge is 2.18. The van der Waals surface area contributed by atoms with Gasteiger partial charge in [0, 0.05) is 54.4 Å². The van der Waals surface area contributed by atoms with Crippen molar-refractivity contribution in [2.24, 2.45) is 7.05 Å². The van der Waals surface area contributed by atoms with Crippen LogP contribution in [0.3, 0.4) is 0 Å². The monoisotopic (exact) mass is 444 g/mol. The topological polar surface area (TPSA) is 85.6 Å². The summed E-state index contributed by atoms with van der Waals surface area (Å²) < 4.78 is 8.75. The Labute approximate surface area is 190 Å². The molecule has 1 fully saturated rings. The van der Waals surface area contributed by atoms with Crippen LogP contribution in [0.1, 0.15) is 10.4 Å². The Morgan fingerprint density at radius 2 is 1.79 bits per heavy atom. The number of pyridine rings is 1. The Kier molecular flexibility index (Phi) is 5.43. The molecule has 1 saturated heterocycles. The maximum atomic E-state index is 13.0. The molecule has 0 saturated carbocycles. The minimum atomic E-state index is -0.342. The Morgan fingerprint density at radius 3 is 2.61 bits per heavy atom. The molecule has 3 heterocycles. The Balaban J connectivity index is 1.38. The fraction of sp³-hybridized carbons (Fsp3) is 0.240. The average Bonchev–Trinajstić information content (AvgIpc) is 3.23. The van der Waals surface area contributed by atoms with Crippen molar-refractivity contribution in [1.29, 1.82) is 0 Å². The number of nitrogens with zero attached hydrogens (tertiary/aromatic N) is 3. The third-order valence-electron chi connectivity index (χ3n) is 6.10. The van der Waals surface area contributed by atoms with Gasteiger partial charge in [0.25, 0.3) is 11.5 Å². The highest BCUT2D eigenvalue weighted by molar-refractivity contribution is 6.12. The minimum Gasteiger partial charge on any atom is -0.378 e. The lowest BCUT2D eigenvalue weighted by Gasteiger charge is -2.27. The number of fused-ring (bicyclic) bond motifs is 2. The van der Waals surface area contributed by atoms with Crippen molar-refractivity contribution in [3.63, 3.8) is 0 Å². The maximum Gasteiger partial charge on any atom is 0.256 e. The molecule has 0 unspecified atom stereocenters. The summed E-state index contributed by atoms with van der Waals surface area (Å²) >= 11 is 0. The van der Waals surface area contributed by atoms with E-state index < -0.39 is 0 Å². The summed E-state index contributed by atoms with van der Waals surface area (Å²) in [4.78, 5) is 39.8. The van der Waals surface area contributed by atoms with E-state index in [0.717, 1.165) is 10.9 Å². The van der Waals surface area contributed by atoms with E-state index in [-0.39, 0.29) is 23.9 Å². The van der Waals surface area contributed by atoms with Crippen LogP contribution in [0.5, 0.6) is 0 Å². The highest BCUT2D eigenvalue weighted by Crippen LogP contribution is 2.23. The van der Waals surface area contributed by atoms with Crippen LogP contribution in [0.2, 0.25) is 0 Å². The van der Waals surface area contributed by atoms with Gasteiger partial charge in [-0.25, -0.2) is 0 Å². The summed E-state index contributed by atoms with van der Waals surface area (Å²) in [7, 11) is 1.69. The molecule has 0 aliphatic carbocycles. The molecule has 2 amide bonds. The zero-order chi connectivity index (χ0) is 22.9. The SMILES string of the molecule is Cn1c(=O)cc(C(=O)Nc2ccc3c(ccn3CC(=O)N3CCOCC3)c2)c2ccccc21. The second kappa shape index (κ2) is 8.55. The number of morpholine rings is 1. The molecular weight excluding hydrogens is 420 g/mol. The van der Waals surface area contributed by atoms with E-state index >= 15 is 0 Å². The van der Waals surface area contributed by atoms with E-state index in [4.69, 9.17) is 4.74 Å². The molecular formula is C25H24N4O4. The molecule has 33 heavy (non-hydrogen) atoms. The Bertz CT molecular complexity index is 1430. The number of carbonyl (C=O) groups is 2. The van der Waals surface area contributed by atoms with Crippen molar-refractivity contribution >= 4 is 39.3 Å². The van der Waals surface area contributed by atoms with Crippen LogP contribution < -0.4 is 10.9 Å². The summed E-state index contributed by atoms with van der Waals surface area (Å²) in [6.07, 6.45) is 1.88. The largest absolute Gasteiger partial charge is 0.378 e. The van der Waals surface area contributed by atoms with Crippen molar-refractivity contribution < 1.29 is 14.3 Å². The van der Waals surface area contributed by atoms with Gasteiger partial charge in [-0.15, -0.1) is 0 Å². The van der Waals surface area contributed by atoms with Crippen LogP contribution in [0.4, 0.5) is 5.69 Å². The second-order valence-corrected chi connectivity index (χ2v) is 8.14. The van der Waals surface area contributed by atoms with Crippen molar-refractivity contribution in [1.82, 2.24) is 14.0 Å². The van der Waals surface area contributed by atoms with E-state index in [1.807, 2.05) is 58.1 Å². The number of para-hydroxylation sites is 1. The van der Waals surface area contributed by atoms with Gasteiger partial charge in [-0.3, -0.25) is 14.4 Å². The van der Waals surface area contributed by atoms with Gasteiger partial charge >= 0.3 is 0 Å². The molecule has 0 atom stereocenters. The first kappa shape index (κ1) is 21.0. The van der Waals surface area contributed by atoms with Gasteiger partial charge in [0.2, 0.25) is 5.91 Å². The number of hydrogen-bond acceptors (Lipinski definition) is 4. The first-order chi connectivity index (χ1) is 16.0. The zero-order valence-corrected chi connectivity index (χ0v) is 18.3. The summed E-state index contributed by atoms with van der Waals surface area (Å²) in [5.74, 6) is -0.282. The molecule has 1 aliphatic heterocycles. The van der Waals surface area contributed by atoms with Crippen molar-refractivity contribution in [3.05, 3.63) is 76.7 Å². The number of rotatable bonds is 4. The first-order valence-corrected chi connectivity index (χ1v) is 10.9. The lowest BCUT2D eigenvalue weighted by molar-refractivity contribution is -0.135. The zero-order valence-electron chi connectivity index (χ0n) is 18.3. The molecule has 8 nitrogen and oxygen atoms in total. The van der Waals surface area contributed by atoms with E-state index in [9.17, 15) is 14.4 Å². The lowest BCUT2D eigenvalue weighted by atomic mass is 10.1. The van der Waals surface area contributed by atoms with Gasteiger partial charge in [0.1, 0.15) is 6.54 Å². The summed E-state index contributed by atoms with van der Waals surface area (Å²) in [5, 5.41) is 4.53. The number of aromatic nitrogens is 2. The lowest BCUT2D eigenvalue weighted by Crippen LogP contribution is -2.42. The minimum absolute atomic E-state index is 0.0608. The maximum absolute atomic E-state index is 13.0. The molecule has 1 N–H and O–H groups in total. The molecule has 2 aromatic carbocycles. The molecule has 0 bridgehead atoms. The Morgan fingerprint density at radius 1 is 1.00 bits per heavy atom. The van der Waals surface area contributed by atoms with Gasteiger partial charge in [-0.1, -0.05) is 18.2 Å². The first-order valence-electron chi connectivity index (χ1n) is 10.9. The van der Waals surface area contributed by atoms with E-state index in [2.05, 4.69) is 5.32 Å². The van der Waals surface area contributed by atoms with Crippen LogP contribution in [-0.2, 0) is 23.1 Å². The highest BCUT2D eigenvalue weighted by atomic mass is 16.5. The predicted molar refractivity (Wildman–Crippen MR) is 126 cm³/mol. The normalized spacial score (nSPS) is 14.0. The van der Waals surface area contributed by atoms with Crippen molar-refractivity contribution in [2.45, 2.75) is 6.54 Å². The number of anilines is 1. The molecule has 5 rings (SSSR count). The van der Waals surface area contributed by atoms with Gasteiger partial charge in [0.05, 0.1) is 24.3 Å². The van der Waals surface area contributed by atoms with Crippen molar-refractivity contribution in [2.75, 3.05) is 31.6 Å². The number of nitrogens with one attached hydrogen (secondary N) is 1. The number of amides is 2. The number of hydrogen-bond donors (Lipinski definition) is 1. The van der Waals surface area contributed by atoms with Crippen LogP contribution in [0.15, 0.2) is 65.6 Å². The van der Waals surface area contributed by atoms with Crippen LogP contribution in [0, 0.1) is 0 Å². The molecule has 8 heteroatoms. The molecule has 4 aromatic rings. The summed E-state index contributed by atoms with van der Waals surface area (Å²) in [6, 6.07) is 16.2. The van der Waals surface area contributed by atoms with E-state index in [1.54, 1.807) is 13.1 Å². The summed E-state index contributed by atoms with van der Waals surface area (Å²) in [6.45, 7) is 2.64. The fourth-order valence-corrected chi connectivity index (χ4v) is 4.27. The van der Waals surface area contributed by atoms with Crippen molar-refractivity contribution in [3.8, 4) is 0 Å². The van der Waals surface area contributed by atoms with Gasteiger partial charge in [-0.05, 0) is 30.3 Å². The predicted octanol–water partition coefficient (Wildman–Crippen LogP) is 2.60. The molecule has 168 valence electrons. The third kappa shape index (κ3) is 4.01. The average molecular weight is 444 g/mol. The quantitative estimate of drug-likeness (QED) is 0.524. The van der Waals surface area contributed by atoms with Gasteiger partial charge in [-0.2, -0.15) is 0 Å². The third-order valence-corrected chi connectivity index (χ3v) is 6.10. The number of carbonyl (C=O) groups excluding carboxylic acids is 2. The second-order valence-electron chi connectivity index (χ2n) is 8.14. The number of ether oxygens (including phenoxy) is 1. The van der Waals surface area contributed by atoms with Crippen LogP contribution >= 0.6 is 0 Å². The molecule has 0 radical (unpaired) electrons. The molecule has 1 aliphatic rings. The Hall–Kier alpha value is -3.91. The molecule has 2 aromatic heterocycles. The standard InChI is InChI=1S/C25H24N4O4/c1-27-22-5-3-2-4-19(22)20(15-23(27)30)25(32)26-18-6-7-21-17(14-18)8-9-29(21)16-24(31)28-10-12-33-13-11-28/h2-9,14-15H,10-13,16H2,1H3,(H,26,32). The fourth-order valence-electron chi connectivity index (χ4n) is 4.27. The van der Waals surface area contributed by atoms with E-state index in [0.29, 0.717) is 48.5 Å². The van der Waals surface area contributed by atoms with Gasteiger partial charge in [0.15, 0.2) is 0 Å². The number of benzene rings is 2. The number of aryl methyl sites for hydroxylation is 1. The van der Waals surface area contributed by atoms with E-state index in [1.165, 1.54) is 10.6 Å². The molecule has 0 spiro atoms. The van der Waals surface area contributed by atoms with Gasteiger partial charge < -0.3 is 24.1 Å². The van der Waals surface area contributed by atoms with Crippen LogP contribution in [-0.4, -0.2) is 52.2 Å². The van der Waals surface area contributed by atoms with Crippen LogP contribution in [0.25, 0.3) is 21.8 Å².